The van der Waals surface area contributed by atoms with Crippen molar-refractivity contribution < 1.29 is 4.74 Å². The summed E-state index contributed by atoms with van der Waals surface area (Å²) in [7, 11) is 1.72. The summed E-state index contributed by atoms with van der Waals surface area (Å²) >= 11 is 0. The molecule has 0 radical (unpaired) electrons. The SMILES string of the molecule is COc1ccccc1C(C)CCCN. The molecular formula is C12H19NO. The van der Waals surface area contributed by atoms with Gasteiger partial charge < -0.3 is 10.5 Å². The topological polar surface area (TPSA) is 35.2 Å². The number of para-hydroxylation sites is 1. The van der Waals surface area contributed by atoms with Crippen LogP contribution in [-0.2, 0) is 0 Å². The van der Waals surface area contributed by atoms with Crippen molar-refractivity contribution >= 4 is 0 Å². The molecule has 0 fully saturated rings. The lowest BCUT2D eigenvalue weighted by Gasteiger charge is -2.14. The van der Waals surface area contributed by atoms with Crippen LogP contribution >= 0.6 is 0 Å². The van der Waals surface area contributed by atoms with Gasteiger partial charge in [0.05, 0.1) is 7.11 Å². The Hall–Kier alpha value is -1.02. The van der Waals surface area contributed by atoms with E-state index < -0.39 is 0 Å². The molecule has 1 unspecified atom stereocenters. The number of nitrogens with two attached hydrogens (primary N) is 1. The van der Waals surface area contributed by atoms with Crippen LogP contribution in [0.25, 0.3) is 0 Å². The smallest absolute Gasteiger partial charge is 0.122 e. The molecule has 0 aliphatic heterocycles. The molecule has 0 heterocycles. The quantitative estimate of drug-likeness (QED) is 0.780. The van der Waals surface area contributed by atoms with E-state index in [4.69, 9.17) is 10.5 Å². The highest BCUT2D eigenvalue weighted by molar-refractivity contribution is 5.35. The van der Waals surface area contributed by atoms with Crippen LogP contribution in [0.1, 0.15) is 31.2 Å². The summed E-state index contributed by atoms with van der Waals surface area (Å²) in [5.41, 5.74) is 6.78. The van der Waals surface area contributed by atoms with Gasteiger partial charge in [-0.1, -0.05) is 25.1 Å². The van der Waals surface area contributed by atoms with Gasteiger partial charge in [0.2, 0.25) is 0 Å². The Balaban J connectivity index is 2.72. The van der Waals surface area contributed by atoms with Crippen LogP contribution in [0.5, 0.6) is 5.75 Å². The lowest BCUT2D eigenvalue weighted by molar-refractivity contribution is 0.405. The number of benzene rings is 1. The highest BCUT2D eigenvalue weighted by Crippen LogP contribution is 2.28. The zero-order valence-corrected chi connectivity index (χ0v) is 8.99. The van der Waals surface area contributed by atoms with Crippen molar-refractivity contribution in [3.8, 4) is 5.75 Å². The standard InChI is InChI=1S/C12H19NO/c1-10(6-5-9-13)11-7-3-4-8-12(11)14-2/h3-4,7-8,10H,5-6,9,13H2,1-2H3. The van der Waals surface area contributed by atoms with Crippen molar-refractivity contribution in [1.29, 1.82) is 0 Å². The fourth-order valence-corrected chi connectivity index (χ4v) is 1.65. The number of methoxy groups -OCH3 is 1. The average Bonchev–Trinajstić information content (AvgIpc) is 2.25. The van der Waals surface area contributed by atoms with Gasteiger partial charge in [-0.3, -0.25) is 0 Å². The predicted molar refractivity (Wildman–Crippen MR) is 59.7 cm³/mol. The molecule has 0 bridgehead atoms. The predicted octanol–water partition coefficient (Wildman–Crippen LogP) is 2.54. The molecule has 0 aromatic heterocycles. The van der Waals surface area contributed by atoms with Crippen molar-refractivity contribution in [2.45, 2.75) is 25.7 Å². The molecule has 14 heavy (non-hydrogen) atoms. The second kappa shape index (κ2) is 5.66. The van der Waals surface area contributed by atoms with E-state index in [0.717, 1.165) is 25.1 Å². The number of hydrogen-bond donors (Lipinski definition) is 1. The number of hydrogen-bond acceptors (Lipinski definition) is 2. The molecule has 78 valence electrons. The first-order chi connectivity index (χ1) is 6.79. The molecule has 0 aliphatic carbocycles. The summed E-state index contributed by atoms with van der Waals surface area (Å²) in [6.07, 6.45) is 2.19. The van der Waals surface area contributed by atoms with Crippen LogP contribution in [0.4, 0.5) is 0 Å². The van der Waals surface area contributed by atoms with Gasteiger partial charge in [0.1, 0.15) is 5.75 Å². The van der Waals surface area contributed by atoms with E-state index in [1.807, 2.05) is 12.1 Å². The van der Waals surface area contributed by atoms with Gasteiger partial charge in [-0.05, 0) is 36.9 Å². The minimum Gasteiger partial charge on any atom is -0.496 e. The summed E-state index contributed by atoms with van der Waals surface area (Å²) in [4.78, 5) is 0. The summed E-state index contributed by atoms with van der Waals surface area (Å²) < 4.78 is 5.32. The zero-order chi connectivity index (χ0) is 10.4. The summed E-state index contributed by atoms with van der Waals surface area (Å²) in [5, 5.41) is 0. The molecule has 0 amide bonds. The van der Waals surface area contributed by atoms with Crippen LogP contribution in [0, 0.1) is 0 Å². The lowest BCUT2D eigenvalue weighted by atomic mass is 9.95. The molecule has 0 spiro atoms. The molecular weight excluding hydrogens is 174 g/mol. The minimum absolute atomic E-state index is 0.523. The van der Waals surface area contributed by atoms with Crippen LogP contribution in [0.2, 0.25) is 0 Å². The first-order valence-corrected chi connectivity index (χ1v) is 5.12. The number of rotatable bonds is 5. The van der Waals surface area contributed by atoms with Gasteiger partial charge >= 0.3 is 0 Å². The van der Waals surface area contributed by atoms with Gasteiger partial charge in [-0.25, -0.2) is 0 Å². The van der Waals surface area contributed by atoms with Gasteiger partial charge in [0.25, 0.3) is 0 Å². The highest BCUT2D eigenvalue weighted by atomic mass is 16.5. The third kappa shape index (κ3) is 2.74. The Bertz CT molecular complexity index is 273. The van der Waals surface area contributed by atoms with E-state index in [2.05, 4.69) is 19.1 Å². The van der Waals surface area contributed by atoms with Crippen LogP contribution in [0.15, 0.2) is 24.3 Å². The Morgan fingerprint density at radius 1 is 1.36 bits per heavy atom. The second-order valence-electron chi connectivity index (χ2n) is 3.57. The van der Waals surface area contributed by atoms with E-state index >= 15 is 0 Å². The molecule has 2 N–H and O–H groups in total. The van der Waals surface area contributed by atoms with Gasteiger partial charge in [0.15, 0.2) is 0 Å². The van der Waals surface area contributed by atoms with E-state index in [1.165, 1.54) is 5.56 Å². The monoisotopic (exact) mass is 193 g/mol. The minimum atomic E-state index is 0.523. The zero-order valence-electron chi connectivity index (χ0n) is 8.99. The highest BCUT2D eigenvalue weighted by Gasteiger charge is 2.09. The fourth-order valence-electron chi connectivity index (χ4n) is 1.65. The first-order valence-electron chi connectivity index (χ1n) is 5.12. The third-order valence-electron chi connectivity index (χ3n) is 2.51. The maximum absolute atomic E-state index is 5.49. The maximum Gasteiger partial charge on any atom is 0.122 e. The molecule has 0 saturated heterocycles. The second-order valence-corrected chi connectivity index (χ2v) is 3.57. The Morgan fingerprint density at radius 2 is 2.07 bits per heavy atom. The molecule has 1 rings (SSSR count). The van der Waals surface area contributed by atoms with Gasteiger partial charge in [-0.2, -0.15) is 0 Å². The molecule has 1 aromatic rings. The third-order valence-corrected chi connectivity index (χ3v) is 2.51. The molecule has 0 saturated carbocycles. The van der Waals surface area contributed by atoms with Crippen LogP contribution in [-0.4, -0.2) is 13.7 Å². The van der Waals surface area contributed by atoms with Gasteiger partial charge in [0, 0.05) is 0 Å². The van der Waals surface area contributed by atoms with Crippen LogP contribution in [0.3, 0.4) is 0 Å². The largest absolute Gasteiger partial charge is 0.496 e. The summed E-state index contributed by atoms with van der Waals surface area (Å²) in [5.74, 6) is 1.51. The Kier molecular flexibility index (Phi) is 4.47. The average molecular weight is 193 g/mol. The number of ether oxygens (including phenoxy) is 1. The van der Waals surface area contributed by atoms with Crippen molar-refractivity contribution in [2.75, 3.05) is 13.7 Å². The van der Waals surface area contributed by atoms with Crippen molar-refractivity contribution in [3.63, 3.8) is 0 Å². The van der Waals surface area contributed by atoms with E-state index in [1.54, 1.807) is 7.11 Å². The first kappa shape index (κ1) is 11.1. The van der Waals surface area contributed by atoms with Crippen molar-refractivity contribution in [2.24, 2.45) is 5.73 Å². The molecule has 0 aliphatic rings. The van der Waals surface area contributed by atoms with Crippen LogP contribution < -0.4 is 10.5 Å². The van der Waals surface area contributed by atoms with Crippen molar-refractivity contribution in [1.82, 2.24) is 0 Å². The molecule has 1 aromatic carbocycles. The maximum atomic E-state index is 5.49. The summed E-state index contributed by atoms with van der Waals surface area (Å²) in [6, 6.07) is 8.18. The molecule has 2 heteroatoms. The summed E-state index contributed by atoms with van der Waals surface area (Å²) in [6.45, 7) is 2.98. The normalized spacial score (nSPS) is 12.5. The fraction of sp³-hybridized carbons (Fsp3) is 0.500. The van der Waals surface area contributed by atoms with E-state index in [-0.39, 0.29) is 0 Å². The van der Waals surface area contributed by atoms with Crippen molar-refractivity contribution in [3.05, 3.63) is 29.8 Å². The molecule has 1 atom stereocenters. The Morgan fingerprint density at radius 3 is 2.71 bits per heavy atom. The Labute approximate surface area is 86.1 Å². The molecule has 2 nitrogen and oxygen atoms in total. The van der Waals surface area contributed by atoms with Gasteiger partial charge in [-0.15, -0.1) is 0 Å². The van der Waals surface area contributed by atoms with E-state index in [0.29, 0.717) is 5.92 Å². The lowest BCUT2D eigenvalue weighted by Crippen LogP contribution is -2.03. The van der Waals surface area contributed by atoms with E-state index in [9.17, 15) is 0 Å².